The third kappa shape index (κ3) is 3.30. The van der Waals surface area contributed by atoms with Crippen LogP contribution in [-0.4, -0.2) is 24.5 Å². The maximum Gasteiger partial charge on any atom is 0.162 e. The molecule has 0 bridgehead atoms. The molecule has 4 rings (SSSR count). The molecular formula is C21H20FN5. The summed E-state index contributed by atoms with van der Waals surface area (Å²) in [6, 6.07) is 7.02. The minimum atomic E-state index is -0.387. The van der Waals surface area contributed by atoms with Gasteiger partial charge in [0.05, 0.1) is 17.8 Å². The van der Waals surface area contributed by atoms with Crippen LogP contribution >= 0.6 is 0 Å². The average Bonchev–Trinajstić information content (AvgIpc) is 3.12. The summed E-state index contributed by atoms with van der Waals surface area (Å²) >= 11 is 0. The van der Waals surface area contributed by atoms with Crippen LogP contribution in [0.4, 0.5) is 4.39 Å². The van der Waals surface area contributed by atoms with Gasteiger partial charge in [-0.1, -0.05) is 13.3 Å². The first-order valence-corrected chi connectivity index (χ1v) is 9.03. The molecule has 0 aliphatic carbocycles. The highest BCUT2D eigenvalue weighted by Crippen LogP contribution is 2.24. The highest BCUT2D eigenvalue weighted by atomic mass is 19.1. The van der Waals surface area contributed by atoms with E-state index in [0.29, 0.717) is 12.4 Å². The van der Waals surface area contributed by atoms with Crippen molar-refractivity contribution in [3.8, 4) is 11.5 Å². The molecule has 4 heterocycles. The monoisotopic (exact) mass is 361 g/mol. The highest BCUT2D eigenvalue weighted by Gasteiger charge is 2.16. The van der Waals surface area contributed by atoms with Crippen LogP contribution in [0.3, 0.4) is 0 Å². The lowest BCUT2D eigenvalue weighted by molar-refractivity contribution is 0.621. The van der Waals surface area contributed by atoms with Gasteiger partial charge in [-0.25, -0.2) is 14.4 Å². The third-order valence-electron chi connectivity index (χ3n) is 4.57. The number of rotatable bonds is 5. The van der Waals surface area contributed by atoms with Crippen molar-refractivity contribution in [1.82, 2.24) is 24.5 Å². The van der Waals surface area contributed by atoms with Gasteiger partial charge in [0, 0.05) is 41.4 Å². The molecule has 0 saturated heterocycles. The minimum absolute atomic E-state index is 0.245. The van der Waals surface area contributed by atoms with E-state index in [1.54, 1.807) is 18.5 Å². The Balaban J connectivity index is 1.80. The number of nitrogens with zero attached hydrogens (tertiary/aromatic N) is 5. The van der Waals surface area contributed by atoms with Crippen LogP contribution in [0, 0.1) is 12.7 Å². The smallest absolute Gasteiger partial charge is 0.162 e. The molecule has 0 aromatic carbocycles. The van der Waals surface area contributed by atoms with E-state index < -0.39 is 0 Å². The highest BCUT2D eigenvalue weighted by molar-refractivity contribution is 5.81. The number of hydrogen-bond acceptors (Lipinski definition) is 4. The number of pyridine rings is 3. The van der Waals surface area contributed by atoms with E-state index in [9.17, 15) is 4.39 Å². The lowest BCUT2D eigenvalue weighted by Gasteiger charge is -2.13. The van der Waals surface area contributed by atoms with Crippen LogP contribution in [-0.2, 0) is 13.0 Å². The van der Waals surface area contributed by atoms with Crippen molar-refractivity contribution in [2.45, 2.75) is 33.2 Å². The molecule has 0 fully saturated rings. The molecule has 0 unspecified atom stereocenters. The summed E-state index contributed by atoms with van der Waals surface area (Å²) in [6.07, 6.45) is 8.80. The average molecular weight is 361 g/mol. The molecule has 6 heteroatoms. The number of hydrogen-bond donors (Lipinski definition) is 0. The summed E-state index contributed by atoms with van der Waals surface area (Å²) in [4.78, 5) is 17.9. The van der Waals surface area contributed by atoms with E-state index in [0.717, 1.165) is 40.7 Å². The van der Waals surface area contributed by atoms with Crippen molar-refractivity contribution in [3.63, 3.8) is 0 Å². The lowest BCUT2D eigenvalue weighted by atomic mass is 10.0. The van der Waals surface area contributed by atoms with Gasteiger partial charge in [-0.15, -0.1) is 0 Å². The number of aryl methyl sites for hydroxylation is 2. The fourth-order valence-electron chi connectivity index (χ4n) is 3.29. The lowest BCUT2D eigenvalue weighted by Crippen LogP contribution is -2.09. The van der Waals surface area contributed by atoms with Crippen molar-refractivity contribution in [2.24, 2.45) is 0 Å². The predicted molar refractivity (Wildman–Crippen MR) is 103 cm³/mol. The van der Waals surface area contributed by atoms with Crippen molar-refractivity contribution in [2.75, 3.05) is 0 Å². The predicted octanol–water partition coefficient (Wildman–Crippen LogP) is 4.34. The number of imidazole rings is 1. The van der Waals surface area contributed by atoms with Crippen LogP contribution in [0.2, 0.25) is 0 Å². The fourth-order valence-corrected chi connectivity index (χ4v) is 3.29. The second kappa shape index (κ2) is 7.23. The summed E-state index contributed by atoms with van der Waals surface area (Å²) in [5, 5.41) is 1.04. The summed E-state index contributed by atoms with van der Waals surface area (Å²) in [5.41, 5.74) is 4.29. The Hall–Kier alpha value is -3.15. The molecular weight excluding hydrogens is 341 g/mol. The fraction of sp³-hybridized carbons (Fsp3) is 0.238. The Kier molecular flexibility index (Phi) is 4.62. The molecule has 0 atom stereocenters. The van der Waals surface area contributed by atoms with Crippen molar-refractivity contribution >= 4 is 10.9 Å². The molecule has 4 aromatic heterocycles. The second-order valence-corrected chi connectivity index (χ2v) is 6.54. The van der Waals surface area contributed by atoms with Gasteiger partial charge in [0.25, 0.3) is 0 Å². The minimum Gasteiger partial charge on any atom is -0.324 e. The number of aromatic nitrogens is 5. The largest absolute Gasteiger partial charge is 0.324 e. The Morgan fingerprint density at radius 2 is 1.96 bits per heavy atom. The third-order valence-corrected chi connectivity index (χ3v) is 4.57. The van der Waals surface area contributed by atoms with E-state index >= 15 is 0 Å². The first-order chi connectivity index (χ1) is 13.2. The maximum absolute atomic E-state index is 14.2. The SMILES string of the molecule is CCCc1c(Cn2ccnc2-c2ncccc2F)ncc2ccc(C)nc12. The summed E-state index contributed by atoms with van der Waals surface area (Å²) in [7, 11) is 0. The van der Waals surface area contributed by atoms with E-state index in [4.69, 9.17) is 4.98 Å². The molecule has 0 radical (unpaired) electrons. The van der Waals surface area contributed by atoms with Gasteiger partial charge >= 0.3 is 0 Å². The Morgan fingerprint density at radius 1 is 1.07 bits per heavy atom. The Bertz CT molecular complexity index is 1100. The molecule has 0 spiro atoms. The van der Waals surface area contributed by atoms with Gasteiger partial charge < -0.3 is 4.57 Å². The van der Waals surface area contributed by atoms with Crippen molar-refractivity contribution < 1.29 is 4.39 Å². The van der Waals surface area contributed by atoms with E-state index in [2.05, 4.69) is 27.9 Å². The zero-order valence-electron chi connectivity index (χ0n) is 15.4. The standard InChI is InChI=1S/C21H20FN5/c1-3-5-16-18(25-12-15-8-7-14(2)26-19(15)16)13-27-11-10-24-21(27)20-17(22)6-4-9-23-20/h4,6-12H,3,5,13H2,1-2H3. The normalized spacial score (nSPS) is 11.2. The number of fused-ring (bicyclic) bond motifs is 1. The van der Waals surface area contributed by atoms with Gasteiger partial charge in [0.1, 0.15) is 5.69 Å². The number of halogens is 1. The van der Waals surface area contributed by atoms with Crippen LogP contribution in [0.15, 0.2) is 49.1 Å². The van der Waals surface area contributed by atoms with Crippen LogP contribution < -0.4 is 0 Å². The molecule has 27 heavy (non-hydrogen) atoms. The molecule has 4 aromatic rings. The van der Waals surface area contributed by atoms with E-state index in [1.165, 1.54) is 6.07 Å². The van der Waals surface area contributed by atoms with Crippen LogP contribution in [0.25, 0.3) is 22.4 Å². The molecule has 0 saturated carbocycles. The Labute approximate surface area is 157 Å². The summed E-state index contributed by atoms with van der Waals surface area (Å²) in [5.74, 6) is 0.108. The molecule has 5 nitrogen and oxygen atoms in total. The van der Waals surface area contributed by atoms with Crippen LogP contribution in [0.5, 0.6) is 0 Å². The van der Waals surface area contributed by atoms with Gasteiger partial charge in [0.15, 0.2) is 11.6 Å². The quantitative estimate of drug-likeness (QED) is 0.531. The molecule has 136 valence electrons. The zero-order valence-corrected chi connectivity index (χ0v) is 15.4. The molecule has 0 N–H and O–H groups in total. The zero-order chi connectivity index (χ0) is 18.8. The summed E-state index contributed by atoms with van der Waals surface area (Å²) < 4.78 is 16.1. The topological polar surface area (TPSA) is 56.5 Å². The van der Waals surface area contributed by atoms with Gasteiger partial charge in [-0.05, 0) is 37.6 Å². The maximum atomic E-state index is 14.2. The first-order valence-electron chi connectivity index (χ1n) is 9.03. The summed E-state index contributed by atoms with van der Waals surface area (Å²) in [6.45, 7) is 4.63. The second-order valence-electron chi connectivity index (χ2n) is 6.54. The van der Waals surface area contributed by atoms with E-state index in [1.807, 2.05) is 30.0 Å². The van der Waals surface area contributed by atoms with E-state index in [-0.39, 0.29) is 11.5 Å². The molecule has 0 amide bonds. The van der Waals surface area contributed by atoms with Crippen LogP contribution in [0.1, 0.15) is 30.3 Å². The van der Waals surface area contributed by atoms with Gasteiger partial charge in [0.2, 0.25) is 0 Å². The van der Waals surface area contributed by atoms with Crippen molar-refractivity contribution in [3.05, 3.63) is 71.8 Å². The first kappa shape index (κ1) is 17.3. The Morgan fingerprint density at radius 3 is 2.78 bits per heavy atom. The van der Waals surface area contributed by atoms with Gasteiger partial charge in [-0.3, -0.25) is 9.97 Å². The van der Waals surface area contributed by atoms with Crippen molar-refractivity contribution in [1.29, 1.82) is 0 Å². The molecule has 0 aliphatic heterocycles. The van der Waals surface area contributed by atoms with Gasteiger partial charge in [-0.2, -0.15) is 0 Å². The molecule has 0 aliphatic rings.